The van der Waals surface area contributed by atoms with Crippen molar-refractivity contribution in [3.63, 3.8) is 0 Å². The standard InChI is InChI=1S/C22H27N3O4/c26-21(17-28-15-16-29-20-9-5-2-6-10-20)25-13-11-19(12-14-25)24-22(27)23-18-7-3-1-4-8-18/h1-10,19H,11-17H2,(H2,23,24,27). The SMILES string of the molecule is O=C(Nc1ccccc1)NC1CCN(C(=O)COCCOc2ccccc2)CC1. The highest BCUT2D eigenvalue weighted by molar-refractivity contribution is 5.89. The molecule has 7 nitrogen and oxygen atoms in total. The number of benzene rings is 2. The fourth-order valence-corrected chi connectivity index (χ4v) is 3.13. The topological polar surface area (TPSA) is 79.9 Å². The van der Waals surface area contributed by atoms with Crippen LogP contribution in [0.15, 0.2) is 60.7 Å². The Bertz CT molecular complexity index is 762. The molecule has 29 heavy (non-hydrogen) atoms. The van der Waals surface area contributed by atoms with E-state index in [4.69, 9.17) is 9.47 Å². The molecule has 3 amide bonds. The van der Waals surface area contributed by atoms with Crippen molar-refractivity contribution in [2.24, 2.45) is 0 Å². The Hall–Kier alpha value is -3.06. The third-order valence-electron chi connectivity index (χ3n) is 4.68. The highest BCUT2D eigenvalue weighted by Gasteiger charge is 2.23. The van der Waals surface area contributed by atoms with Crippen LogP contribution in [0.2, 0.25) is 0 Å². The van der Waals surface area contributed by atoms with Gasteiger partial charge in [0.15, 0.2) is 0 Å². The van der Waals surface area contributed by atoms with Gasteiger partial charge in [0.25, 0.3) is 0 Å². The molecule has 1 saturated heterocycles. The van der Waals surface area contributed by atoms with E-state index in [9.17, 15) is 9.59 Å². The average molecular weight is 397 g/mol. The van der Waals surface area contributed by atoms with Crippen LogP contribution in [-0.2, 0) is 9.53 Å². The molecule has 0 aromatic heterocycles. The molecule has 7 heteroatoms. The van der Waals surface area contributed by atoms with Crippen molar-refractivity contribution in [2.75, 3.05) is 38.2 Å². The van der Waals surface area contributed by atoms with Crippen LogP contribution < -0.4 is 15.4 Å². The molecule has 2 aromatic carbocycles. The molecule has 1 heterocycles. The van der Waals surface area contributed by atoms with Crippen LogP contribution in [0, 0.1) is 0 Å². The quantitative estimate of drug-likeness (QED) is 0.672. The van der Waals surface area contributed by atoms with Crippen molar-refractivity contribution in [1.29, 1.82) is 0 Å². The Balaban J connectivity index is 1.27. The molecule has 1 aliphatic rings. The van der Waals surface area contributed by atoms with Crippen LogP contribution in [0.3, 0.4) is 0 Å². The summed E-state index contributed by atoms with van der Waals surface area (Å²) in [7, 11) is 0. The van der Waals surface area contributed by atoms with Gasteiger partial charge in [0.05, 0.1) is 6.61 Å². The van der Waals surface area contributed by atoms with Crippen LogP contribution >= 0.6 is 0 Å². The Morgan fingerprint density at radius 2 is 1.59 bits per heavy atom. The van der Waals surface area contributed by atoms with Crippen molar-refractivity contribution in [2.45, 2.75) is 18.9 Å². The van der Waals surface area contributed by atoms with E-state index >= 15 is 0 Å². The summed E-state index contributed by atoms with van der Waals surface area (Å²) in [6, 6.07) is 18.7. The summed E-state index contributed by atoms with van der Waals surface area (Å²) < 4.78 is 11.0. The lowest BCUT2D eigenvalue weighted by molar-refractivity contribution is -0.137. The summed E-state index contributed by atoms with van der Waals surface area (Å²) in [6.07, 6.45) is 1.45. The molecule has 154 valence electrons. The number of nitrogens with zero attached hydrogens (tertiary/aromatic N) is 1. The molecule has 0 saturated carbocycles. The third-order valence-corrected chi connectivity index (χ3v) is 4.68. The van der Waals surface area contributed by atoms with Crippen LogP contribution in [0.5, 0.6) is 5.75 Å². The fourth-order valence-electron chi connectivity index (χ4n) is 3.13. The number of urea groups is 1. The number of hydrogen-bond acceptors (Lipinski definition) is 4. The highest BCUT2D eigenvalue weighted by atomic mass is 16.5. The molecule has 0 radical (unpaired) electrons. The molecule has 2 N–H and O–H groups in total. The van der Waals surface area contributed by atoms with Gasteiger partial charge in [-0.3, -0.25) is 4.79 Å². The first kappa shape index (κ1) is 20.7. The largest absolute Gasteiger partial charge is 0.491 e. The second-order valence-corrected chi connectivity index (χ2v) is 6.83. The normalized spacial score (nSPS) is 14.3. The average Bonchev–Trinajstić information content (AvgIpc) is 2.75. The maximum atomic E-state index is 12.3. The zero-order chi connectivity index (χ0) is 20.3. The molecule has 2 aromatic rings. The Kier molecular flexibility index (Phi) is 7.89. The van der Waals surface area contributed by atoms with E-state index in [0.29, 0.717) is 26.3 Å². The fraction of sp³-hybridized carbons (Fsp3) is 0.364. The zero-order valence-electron chi connectivity index (χ0n) is 16.4. The number of likely N-dealkylation sites (tertiary alicyclic amines) is 1. The zero-order valence-corrected chi connectivity index (χ0v) is 16.4. The molecule has 0 aliphatic carbocycles. The minimum absolute atomic E-state index is 0.0306. The molecular weight excluding hydrogens is 370 g/mol. The number of carbonyl (C=O) groups excluding carboxylic acids is 2. The van der Waals surface area contributed by atoms with Crippen LogP contribution in [0.4, 0.5) is 10.5 Å². The first-order chi connectivity index (χ1) is 14.2. The van der Waals surface area contributed by atoms with Crippen LogP contribution in [0.1, 0.15) is 12.8 Å². The highest BCUT2D eigenvalue weighted by Crippen LogP contribution is 2.12. The van der Waals surface area contributed by atoms with Gasteiger partial charge in [0, 0.05) is 24.8 Å². The smallest absolute Gasteiger partial charge is 0.319 e. The first-order valence-electron chi connectivity index (χ1n) is 9.86. The molecule has 0 atom stereocenters. The lowest BCUT2D eigenvalue weighted by Crippen LogP contribution is -2.48. The van der Waals surface area contributed by atoms with Gasteiger partial charge >= 0.3 is 6.03 Å². The molecule has 1 aliphatic heterocycles. The number of nitrogens with one attached hydrogen (secondary N) is 2. The van der Waals surface area contributed by atoms with Crippen molar-refractivity contribution >= 4 is 17.6 Å². The van der Waals surface area contributed by atoms with E-state index in [1.165, 1.54) is 0 Å². The number of rotatable bonds is 8. The summed E-state index contributed by atoms with van der Waals surface area (Å²) in [5, 5.41) is 5.78. The summed E-state index contributed by atoms with van der Waals surface area (Å²) >= 11 is 0. The van der Waals surface area contributed by atoms with Gasteiger partial charge in [-0.1, -0.05) is 36.4 Å². The van der Waals surface area contributed by atoms with Gasteiger partial charge in [-0.25, -0.2) is 4.79 Å². The molecule has 3 rings (SSSR count). The number of amides is 3. The summed E-state index contributed by atoms with van der Waals surface area (Å²) in [5.74, 6) is 0.755. The Labute approximate surface area is 171 Å². The first-order valence-corrected chi connectivity index (χ1v) is 9.86. The van der Waals surface area contributed by atoms with Crippen molar-refractivity contribution in [1.82, 2.24) is 10.2 Å². The number of para-hydroxylation sites is 2. The lowest BCUT2D eigenvalue weighted by atomic mass is 10.1. The van der Waals surface area contributed by atoms with E-state index in [-0.39, 0.29) is 24.6 Å². The molecule has 0 bridgehead atoms. The summed E-state index contributed by atoms with van der Waals surface area (Å²) in [5.41, 5.74) is 0.756. The number of piperidine rings is 1. The predicted octanol–water partition coefficient (Wildman–Crippen LogP) is 2.89. The van der Waals surface area contributed by atoms with Crippen molar-refractivity contribution < 1.29 is 19.1 Å². The van der Waals surface area contributed by atoms with Gasteiger partial charge in [-0.05, 0) is 37.1 Å². The van der Waals surface area contributed by atoms with E-state index in [1.807, 2.05) is 60.7 Å². The van der Waals surface area contributed by atoms with Crippen molar-refractivity contribution in [3.8, 4) is 5.75 Å². The van der Waals surface area contributed by atoms with Gasteiger partial charge in [0.2, 0.25) is 5.91 Å². The Morgan fingerprint density at radius 1 is 0.931 bits per heavy atom. The second-order valence-electron chi connectivity index (χ2n) is 6.83. The number of anilines is 1. The number of hydrogen-bond donors (Lipinski definition) is 2. The minimum atomic E-state index is -0.220. The maximum absolute atomic E-state index is 12.3. The monoisotopic (exact) mass is 397 g/mol. The molecule has 0 unspecified atom stereocenters. The van der Waals surface area contributed by atoms with Gasteiger partial charge in [-0.15, -0.1) is 0 Å². The summed E-state index contributed by atoms with van der Waals surface area (Å²) in [6.45, 7) is 2.03. The van der Waals surface area contributed by atoms with E-state index < -0.39 is 0 Å². The number of ether oxygens (including phenoxy) is 2. The maximum Gasteiger partial charge on any atom is 0.319 e. The Morgan fingerprint density at radius 3 is 2.28 bits per heavy atom. The number of carbonyl (C=O) groups is 2. The van der Waals surface area contributed by atoms with E-state index in [1.54, 1.807) is 4.90 Å². The molecule has 1 fully saturated rings. The lowest BCUT2D eigenvalue weighted by Gasteiger charge is -2.32. The van der Waals surface area contributed by atoms with Gasteiger partial charge in [0.1, 0.15) is 19.0 Å². The van der Waals surface area contributed by atoms with E-state index in [2.05, 4.69) is 10.6 Å². The minimum Gasteiger partial charge on any atom is -0.491 e. The molecular formula is C22H27N3O4. The molecule has 0 spiro atoms. The third kappa shape index (κ3) is 7.12. The van der Waals surface area contributed by atoms with Gasteiger partial charge < -0.3 is 25.0 Å². The van der Waals surface area contributed by atoms with E-state index in [0.717, 1.165) is 24.3 Å². The van der Waals surface area contributed by atoms with Crippen molar-refractivity contribution in [3.05, 3.63) is 60.7 Å². The van der Waals surface area contributed by atoms with Gasteiger partial charge in [-0.2, -0.15) is 0 Å². The second kappa shape index (κ2) is 11.1. The predicted molar refractivity (Wildman–Crippen MR) is 111 cm³/mol. The summed E-state index contributed by atoms with van der Waals surface area (Å²) in [4.78, 5) is 26.1. The van der Waals surface area contributed by atoms with Crippen LogP contribution in [-0.4, -0.2) is 55.8 Å². The van der Waals surface area contributed by atoms with Crippen LogP contribution in [0.25, 0.3) is 0 Å².